The summed E-state index contributed by atoms with van der Waals surface area (Å²) in [7, 11) is 2.20. The third-order valence-corrected chi connectivity index (χ3v) is 7.95. The Kier molecular flexibility index (Phi) is 4.55. The molecule has 0 bridgehead atoms. The summed E-state index contributed by atoms with van der Waals surface area (Å²) in [4.78, 5) is 5.16. The zero-order valence-electron chi connectivity index (χ0n) is 20.1. The molecule has 2 aromatic carbocycles. The molecule has 2 nitrogen and oxygen atoms in total. The Hall–Kier alpha value is -3.26. The Morgan fingerprint density at radius 1 is 0.788 bits per heavy atom. The molecule has 0 unspecified atom stereocenters. The Morgan fingerprint density at radius 2 is 1.52 bits per heavy atom. The molecule has 2 aliphatic rings. The molecule has 0 saturated heterocycles. The van der Waals surface area contributed by atoms with E-state index in [0.717, 1.165) is 5.69 Å². The lowest BCUT2D eigenvalue weighted by Gasteiger charge is -2.28. The minimum atomic E-state index is 0.0526. The Labute approximate surface area is 197 Å². The number of hydrogen-bond acceptors (Lipinski definition) is 1. The molecular weight excluding hydrogens is 400 g/mol. The molecule has 0 N–H and O–H groups in total. The van der Waals surface area contributed by atoms with Gasteiger partial charge in [-0.25, -0.2) is 4.57 Å². The zero-order chi connectivity index (χ0) is 22.7. The van der Waals surface area contributed by atoms with Gasteiger partial charge in [0.1, 0.15) is 7.05 Å². The molecule has 0 radical (unpaired) electrons. The van der Waals surface area contributed by atoms with E-state index in [1.54, 1.807) is 0 Å². The van der Waals surface area contributed by atoms with Gasteiger partial charge in [0.05, 0.1) is 11.3 Å². The average Bonchev–Trinajstić information content (AvgIpc) is 3.41. The summed E-state index contributed by atoms with van der Waals surface area (Å²) in [6.07, 6.45) is 7.26. The van der Waals surface area contributed by atoms with Gasteiger partial charge in [-0.15, -0.1) is 0 Å². The van der Waals surface area contributed by atoms with Crippen molar-refractivity contribution in [1.29, 1.82) is 0 Å². The van der Waals surface area contributed by atoms with Gasteiger partial charge in [0.2, 0.25) is 5.69 Å². The molecule has 2 heteroatoms. The molecule has 2 aromatic heterocycles. The van der Waals surface area contributed by atoms with E-state index < -0.39 is 0 Å². The van der Waals surface area contributed by atoms with E-state index in [9.17, 15) is 0 Å². The highest BCUT2D eigenvalue weighted by Gasteiger charge is 2.49. The summed E-state index contributed by atoms with van der Waals surface area (Å²) in [5.74, 6) is 0. The molecule has 164 valence electrons. The normalized spacial score (nSPS) is 15.6. The zero-order valence-corrected chi connectivity index (χ0v) is 20.1. The summed E-state index contributed by atoms with van der Waals surface area (Å²) in [6.45, 7) is 6.65. The molecular formula is C31H31N2+. The van der Waals surface area contributed by atoms with Crippen LogP contribution >= 0.6 is 0 Å². The maximum atomic E-state index is 5.16. The minimum absolute atomic E-state index is 0.0526. The SMILES string of the molecule is Cc1ccc2c(n1)C1(CCCC1)c1c-2ccc(C)c1-c1cc(C)c(-c2ccccc2)c[n+]1C. The predicted octanol–water partition coefficient (Wildman–Crippen LogP) is 7.01. The van der Waals surface area contributed by atoms with Crippen molar-refractivity contribution in [2.45, 2.75) is 51.9 Å². The molecule has 2 heterocycles. The molecule has 1 spiro atoms. The van der Waals surface area contributed by atoms with Crippen LogP contribution in [0.5, 0.6) is 0 Å². The maximum absolute atomic E-state index is 5.16. The van der Waals surface area contributed by atoms with Gasteiger partial charge < -0.3 is 0 Å². The monoisotopic (exact) mass is 431 g/mol. The molecule has 0 aliphatic heterocycles. The van der Waals surface area contributed by atoms with E-state index in [-0.39, 0.29) is 5.41 Å². The highest BCUT2D eigenvalue weighted by atomic mass is 14.9. The fourth-order valence-electron chi connectivity index (χ4n) is 6.40. The molecule has 0 atom stereocenters. The van der Waals surface area contributed by atoms with Crippen molar-refractivity contribution in [1.82, 2.24) is 4.98 Å². The van der Waals surface area contributed by atoms with E-state index in [1.165, 1.54) is 81.6 Å². The van der Waals surface area contributed by atoms with Crippen LogP contribution in [0.4, 0.5) is 0 Å². The van der Waals surface area contributed by atoms with Crippen molar-refractivity contribution < 1.29 is 4.57 Å². The van der Waals surface area contributed by atoms with Gasteiger partial charge in [-0.1, -0.05) is 61.4 Å². The second kappa shape index (κ2) is 7.38. The number of aryl methyl sites for hydroxylation is 4. The molecule has 2 aliphatic carbocycles. The lowest BCUT2D eigenvalue weighted by atomic mass is 9.75. The Bertz CT molecular complexity index is 1390. The van der Waals surface area contributed by atoms with Crippen molar-refractivity contribution in [3.63, 3.8) is 0 Å². The van der Waals surface area contributed by atoms with Gasteiger partial charge in [-0.3, -0.25) is 4.98 Å². The van der Waals surface area contributed by atoms with Gasteiger partial charge in [-0.2, -0.15) is 0 Å². The predicted molar refractivity (Wildman–Crippen MR) is 135 cm³/mol. The van der Waals surface area contributed by atoms with E-state index in [4.69, 9.17) is 4.98 Å². The highest BCUT2D eigenvalue weighted by Crippen LogP contribution is 2.59. The fraction of sp³-hybridized carbons (Fsp3) is 0.290. The maximum Gasteiger partial charge on any atom is 0.213 e. The summed E-state index contributed by atoms with van der Waals surface area (Å²) >= 11 is 0. The first-order valence-electron chi connectivity index (χ1n) is 12.2. The second-order valence-electron chi connectivity index (χ2n) is 10.1. The summed E-state index contributed by atoms with van der Waals surface area (Å²) in [6, 6.07) is 22.3. The summed E-state index contributed by atoms with van der Waals surface area (Å²) < 4.78 is 2.34. The van der Waals surface area contributed by atoms with E-state index in [0.29, 0.717) is 0 Å². The Balaban J connectivity index is 1.62. The number of pyridine rings is 2. The number of aromatic nitrogens is 2. The van der Waals surface area contributed by atoms with Gasteiger partial charge >= 0.3 is 0 Å². The largest absolute Gasteiger partial charge is 0.257 e. The van der Waals surface area contributed by atoms with Crippen LogP contribution in [0.2, 0.25) is 0 Å². The van der Waals surface area contributed by atoms with Crippen molar-refractivity contribution >= 4 is 0 Å². The van der Waals surface area contributed by atoms with Crippen LogP contribution in [0.1, 0.15) is 53.8 Å². The Morgan fingerprint density at radius 3 is 2.27 bits per heavy atom. The van der Waals surface area contributed by atoms with Crippen molar-refractivity contribution in [3.05, 3.63) is 94.9 Å². The van der Waals surface area contributed by atoms with Crippen LogP contribution in [-0.4, -0.2) is 4.98 Å². The third kappa shape index (κ3) is 2.93. The van der Waals surface area contributed by atoms with E-state index in [1.807, 2.05) is 0 Å². The van der Waals surface area contributed by atoms with Gasteiger partial charge in [0, 0.05) is 28.3 Å². The van der Waals surface area contributed by atoms with Crippen LogP contribution < -0.4 is 4.57 Å². The van der Waals surface area contributed by atoms with Crippen LogP contribution in [-0.2, 0) is 12.5 Å². The molecule has 33 heavy (non-hydrogen) atoms. The minimum Gasteiger partial charge on any atom is -0.257 e. The topological polar surface area (TPSA) is 16.8 Å². The van der Waals surface area contributed by atoms with Crippen LogP contribution in [0.25, 0.3) is 33.5 Å². The number of rotatable bonds is 2. The fourth-order valence-corrected chi connectivity index (χ4v) is 6.40. The number of fused-ring (bicyclic) bond motifs is 5. The van der Waals surface area contributed by atoms with E-state index >= 15 is 0 Å². The lowest BCUT2D eigenvalue weighted by molar-refractivity contribution is -0.660. The number of benzene rings is 2. The standard InChI is InChI=1S/C31H31N2/c1-20-12-14-24-25-15-13-22(3)32-30(25)31(16-8-9-17-31)29(24)28(20)27-18-21(2)26(19-33(27)4)23-10-6-5-7-11-23/h5-7,10-15,18-19H,8-9,16-17H2,1-4H3/q+1. The first-order valence-corrected chi connectivity index (χ1v) is 12.2. The van der Waals surface area contributed by atoms with Gasteiger partial charge in [0.15, 0.2) is 6.20 Å². The van der Waals surface area contributed by atoms with Gasteiger partial charge in [-0.05, 0) is 67.5 Å². The summed E-state index contributed by atoms with van der Waals surface area (Å²) in [5, 5.41) is 0. The number of nitrogens with zero attached hydrogens (tertiary/aromatic N) is 2. The number of hydrogen-bond donors (Lipinski definition) is 0. The highest BCUT2D eigenvalue weighted by molar-refractivity contribution is 5.88. The lowest BCUT2D eigenvalue weighted by Crippen LogP contribution is -2.33. The van der Waals surface area contributed by atoms with Crippen LogP contribution in [0, 0.1) is 20.8 Å². The smallest absolute Gasteiger partial charge is 0.213 e. The second-order valence-corrected chi connectivity index (χ2v) is 10.1. The molecule has 4 aromatic rings. The molecule has 6 rings (SSSR count). The third-order valence-electron chi connectivity index (χ3n) is 7.95. The van der Waals surface area contributed by atoms with Crippen molar-refractivity contribution in [2.24, 2.45) is 7.05 Å². The van der Waals surface area contributed by atoms with Crippen LogP contribution in [0.15, 0.2) is 66.9 Å². The molecule has 0 amide bonds. The van der Waals surface area contributed by atoms with Crippen molar-refractivity contribution in [3.8, 4) is 33.5 Å². The summed E-state index contributed by atoms with van der Waals surface area (Å²) in [5.41, 5.74) is 14.7. The van der Waals surface area contributed by atoms with Crippen LogP contribution in [0.3, 0.4) is 0 Å². The first kappa shape index (κ1) is 20.4. The van der Waals surface area contributed by atoms with Crippen molar-refractivity contribution in [2.75, 3.05) is 0 Å². The average molecular weight is 432 g/mol. The van der Waals surface area contributed by atoms with E-state index in [2.05, 4.69) is 99.2 Å². The quantitative estimate of drug-likeness (QED) is 0.312. The first-order chi connectivity index (χ1) is 16.0. The molecule has 1 saturated carbocycles. The van der Waals surface area contributed by atoms with Gasteiger partial charge in [0.25, 0.3) is 0 Å². The molecule has 1 fully saturated rings.